The minimum Gasteiger partial charge on any atom is -0.496 e. The van der Waals surface area contributed by atoms with Crippen LogP contribution in [0.15, 0.2) is 53.3 Å². The van der Waals surface area contributed by atoms with Gasteiger partial charge in [0.25, 0.3) is 5.56 Å². The molecule has 0 atom stereocenters. The Morgan fingerprint density at radius 1 is 1.11 bits per heavy atom. The summed E-state index contributed by atoms with van der Waals surface area (Å²) in [7, 11) is 5.08. The van der Waals surface area contributed by atoms with Crippen LogP contribution in [0.25, 0.3) is 5.69 Å². The summed E-state index contributed by atoms with van der Waals surface area (Å²) < 4.78 is 8.56. The maximum absolute atomic E-state index is 13.3. The SMILES string of the molecule is CNCc1c(NC(=O)CC(C)(C)CCC(=O)c2cc(Cl)ccc2OC)c(=O)n(-c2ccccc2)n1C. The summed E-state index contributed by atoms with van der Waals surface area (Å²) >= 11 is 6.06. The van der Waals surface area contributed by atoms with Gasteiger partial charge in [0, 0.05) is 31.5 Å². The molecule has 0 fully saturated rings. The van der Waals surface area contributed by atoms with Crippen molar-refractivity contribution in [1.82, 2.24) is 14.7 Å². The van der Waals surface area contributed by atoms with Crippen LogP contribution in [0.1, 0.15) is 49.2 Å². The Hall–Kier alpha value is -3.36. The predicted molar refractivity (Wildman–Crippen MR) is 142 cm³/mol. The van der Waals surface area contributed by atoms with Crippen molar-refractivity contribution in [3.63, 3.8) is 0 Å². The van der Waals surface area contributed by atoms with Gasteiger partial charge >= 0.3 is 0 Å². The molecular weight excluding hydrogens is 480 g/mol. The van der Waals surface area contributed by atoms with Gasteiger partial charge < -0.3 is 15.4 Å². The van der Waals surface area contributed by atoms with Crippen molar-refractivity contribution in [3.05, 3.63) is 75.2 Å². The number of ether oxygens (including phenoxy) is 1. The third-order valence-electron chi connectivity index (χ3n) is 6.12. The number of nitrogens with zero attached hydrogens (tertiary/aromatic N) is 2. The molecule has 2 aromatic carbocycles. The van der Waals surface area contributed by atoms with Gasteiger partial charge in [0.05, 0.1) is 24.1 Å². The molecule has 0 radical (unpaired) electrons. The van der Waals surface area contributed by atoms with E-state index in [1.165, 1.54) is 11.8 Å². The average molecular weight is 513 g/mol. The highest BCUT2D eigenvalue weighted by molar-refractivity contribution is 6.31. The number of benzene rings is 2. The van der Waals surface area contributed by atoms with E-state index in [0.717, 1.165) is 0 Å². The fraction of sp³-hybridized carbons (Fsp3) is 0.370. The van der Waals surface area contributed by atoms with E-state index in [1.54, 1.807) is 37.0 Å². The standard InChI is InChI=1S/C27H33ClN4O4/c1-27(2,14-13-22(33)20-15-18(28)11-12-23(20)36-5)16-24(34)30-25-21(17-29-3)31(4)32(26(25)35)19-9-7-6-8-10-19/h6-12,15,29H,13-14,16-17H2,1-5H3,(H,30,34). The van der Waals surface area contributed by atoms with Crippen molar-refractivity contribution in [3.8, 4) is 11.4 Å². The number of aromatic nitrogens is 2. The first-order valence-electron chi connectivity index (χ1n) is 11.8. The second-order valence-electron chi connectivity index (χ2n) is 9.49. The third-order valence-corrected chi connectivity index (χ3v) is 6.36. The number of ketones is 1. The van der Waals surface area contributed by atoms with Gasteiger partial charge in [0.2, 0.25) is 5.91 Å². The zero-order chi connectivity index (χ0) is 26.5. The molecule has 1 aromatic heterocycles. The maximum Gasteiger partial charge on any atom is 0.295 e. The Bertz CT molecular complexity index is 1300. The van der Waals surface area contributed by atoms with Crippen molar-refractivity contribution < 1.29 is 14.3 Å². The van der Waals surface area contributed by atoms with Crippen LogP contribution in [0, 0.1) is 5.41 Å². The van der Waals surface area contributed by atoms with Gasteiger partial charge in [-0.3, -0.25) is 19.1 Å². The highest BCUT2D eigenvalue weighted by Crippen LogP contribution is 2.31. The predicted octanol–water partition coefficient (Wildman–Crippen LogP) is 4.58. The Balaban J connectivity index is 1.74. The zero-order valence-corrected chi connectivity index (χ0v) is 22.1. The molecule has 3 aromatic rings. The van der Waals surface area contributed by atoms with Gasteiger partial charge in [-0.25, -0.2) is 4.68 Å². The molecule has 36 heavy (non-hydrogen) atoms. The molecule has 0 bridgehead atoms. The molecule has 0 spiro atoms. The largest absolute Gasteiger partial charge is 0.496 e. The molecular formula is C27H33ClN4O4. The van der Waals surface area contributed by atoms with E-state index >= 15 is 0 Å². The summed E-state index contributed by atoms with van der Waals surface area (Å²) in [5.41, 5.74) is 1.26. The Kier molecular flexibility index (Phi) is 8.76. The van der Waals surface area contributed by atoms with Gasteiger partial charge in [-0.2, -0.15) is 0 Å². The minimum atomic E-state index is -0.484. The number of methoxy groups -OCH3 is 1. The quantitative estimate of drug-likeness (QED) is 0.367. The van der Waals surface area contributed by atoms with Crippen LogP contribution in [0.2, 0.25) is 5.02 Å². The smallest absolute Gasteiger partial charge is 0.295 e. The van der Waals surface area contributed by atoms with E-state index < -0.39 is 5.41 Å². The molecule has 0 aliphatic rings. The number of carbonyl (C=O) groups is 2. The summed E-state index contributed by atoms with van der Waals surface area (Å²) in [6.45, 7) is 4.26. The van der Waals surface area contributed by atoms with Crippen LogP contribution in [-0.4, -0.2) is 35.2 Å². The molecule has 1 amide bonds. The molecule has 0 aliphatic heterocycles. The van der Waals surface area contributed by atoms with Crippen LogP contribution in [0.4, 0.5) is 5.69 Å². The summed E-state index contributed by atoms with van der Waals surface area (Å²) in [5, 5.41) is 6.36. The summed E-state index contributed by atoms with van der Waals surface area (Å²) in [6.07, 6.45) is 0.848. The first-order valence-corrected chi connectivity index (χ1v) is 12.1. The number of Topliss-reactive ketones (excluding diaryl/α,β-unsaturated/α-hetero) is 1. The fourth-order valence-electron chi connectivity index (χ4n) is 4.19. The summed E-state index contributed by atoms with van der Waals surface area (Å²) in [4.78, 5) is 39.2. The molecule has 0 unspecified atom stereocenters. The average Bonchev–Trinajstić information content (AvgIpc) is 3.06. The van der Waals surface area contributed by atoms with Crippen LogP contribution < -0.4 is 20.9 Å². The number of amides is 1. The van der Waals surface area contributed by atoms with E-state index in [4.69, 9.17) is 16.3 Å². The normalized spacial score (nSPS) is 11.4. The van der Waals surface area contributed by atoms with Crippen molar-refractivity contribution in [2.24, 2.45) is 12.5 Å². The minimum absolute atomic E-state index is 0.104. The van der Waals surface area contributed by atoms with Crippen LogP contribution >= 0.6 is 11.6 Å². The van der Waals surface area contributed by atoms with Gasteiger partial charge in [0.15, 0.2) is 5.78 Å². The summed E-state index contributed by atoms with van der Waals surface area (Å²) in [5.74, 6) is 0.0804. The topological polar surface area (TPSA) is 94.4 Å². The molecule has 0 saturated heterocycles. The number of hydrogen-bond donors (Lipinski definition) is 2. The lowest BCUT2D eigenvalue weighted by atomic mass is 9.82. The Labute approximate surface area is 216 Å². The van der Waals surface area contributed by atoms with Gasteiger partial charge in [-0.15, -0.1) is 0 Å². The molecule has 0 saturated carbocycles. The number of hydrogen-bond acceptors (Lipinski definition) is 5. The lowest BCUT2D eigenvalue weighted by Gasteiger charge is -2.23. The van der Waals surface area contributed by atoms with Crippen molar-refractivity contribution >= 4 is 29.0 Å². The number of nitrogens with one attached hydrogen (secondary N) is 2. The van der Waals surface area contributed by atoms with Gasteiger partial charge in [0.1, 0.15) is 11.4 Å². The number of rotatable bonds is 11. The first-order chi connectivity index (χ1) is 17.1. The van der Waals surface area contributed by atoms with Crippen LogP contribution in [-0.2, 0) is 18.4 Å². The monoisotopic (exact) mass is 512 g/mol. The van der Waals surface area contributed by atoms with E-state index in [2.05, 4.69) is 10.6 Å². The molecule has 0 aliphatic carbocycles. The molecule has 3 rings (SSSR count). The van der Waals surface area contributed by atoms with Crippen molar-refractivity contribution in [1.29, 1.82) is 0 Å². The third kappa shape index (κ3) is 6.25. The first kappa shape index (κ1) is 27.2. The summed E-state index contributed by atoms with van der Waals surface area (Å²) in [6, 6.07) is 14.2. The molecule has 192 valence electrons. The number of halogens is 1. The maximum atomic E-state index is 13.3. The Morgan fingerprint density at radius 2 is 1.81 bits per heavy atom. The molecule has 8 nitrogen and oxygen atoms in total. The highest BCUT2D eigenvalue weighted by Gasteiger charge is 2.27. The van der Waals surface area contributed by atoms with Gasteiger partial charge in [-0.1, -0.05) is 43.6 Å². The lowest BCUT2D eigenvalue weighted by Crippen LogP contribution is -2.26. The number of carbonyl (C=O) groups excluding carboxylic acids is 2. The second kappa shape index (κ2) is 11.6. The lowest BCUT2D eigenvalue weighted by molar-refractivity contribution is -0.118. The number of para-hydroxylation sites is 1. The van der Waals surface area contributed by atoms with Crippen molar-refractivity contribution in [2.45, 2.75) is 39.7 Å². The van der Waals surface area contributed by atoms with E-state index in [1.807, 2.05) is 44.2 Å². The fourth-order valence-corrected chi connectivity index (χ4v) is 4.37. The zero-order valence-electron chi connectivity index (χ0n) is 21.4. The Morgan fingerprint density at radius 3 is 2.44 bits per heavy atom. The van der Waals surface area contributed by atoms with Gasteiger partial charge in [-0.05, 0) is 49.2 Å². The van der Waals surface area contributed by atoms with E-state index in [0.29, 0.717) is 40.7 Å². The van der Waals surface area contributed by atoms with Crippen LogP contribution in [0.5, 0.6) is 5.75 Å². The number of anilines is 1. The highest BCUT2D eigenvalue weighted by atomic mass is 35.5. The molecule has 1 heterocycles. The molecule has 2 N–H and O–H groups in total. The van der Waals surface area contributed by atoms with Crippen molar-refractivity contribution in [2.75, 3.05) is 19.5 Å². The van der Waals surface area contributed by atoms with Crippen LogP contribution in [0.3, 0.4) is 0 Å². The van der Waals surface area contributed by atoms with E-state index in [-0.39, 0.29) is 35.8 Å². The second-order valence-corrected chi connectivity index (χ2v) is 9.92. The molecule has 9 heteroatoms. The van der Waals surface area contributed by atoms with E-state index in [9.17, 15) is 14.4 Å².